The molecular weight excluding hydrogens is 208 g/mol. The van der Waals surface area contributed by atoms with E-state index in [2.05, 4.69) is 25.7 Å². The normalized spacial score (nSPS) is 44.1. The van der Waals surface area contributed by atoms with Crippen LogP contribution >= 0.6 is 0 Å². The van der Waals surface area contributed by atoms with Crippen LogP contribution < -0.4 is 5.73 Å². The van der Waals surface area contributed by atoms with E-state index in [-0.39, 0.29) is 0 Å². The van der Waals surface area contributed by atoms with E-state index in [1.54, 1.807) is 0 Å². The lowest BCUT2D eigenvalue weighted by atomic mass is 9.74. The maximum atomic E-state index is 6.17. The van der Waals surface area contributed by atoms with Crippen molar-refractivity contribution in [2.75, 3.05) is 13.1 Å². The fourth-order valence-corrected chi connectivity index (χ4v) is 4.19. The summed E-state index contributed by atoms with van der Waals surface area (Å²) in [5.41, 5.74) is 6.51. The third-order valence-corrected chi connectivity index (χ3v) is 5.39. The number of hydrogen-bond donors (Lipinski definition) is 1. The van der Waals surface area contributed by atoms with E-state index in [0.717, 1.165) is 24.4 Å². The van der Waals surface area contributed by atoms with Crippen LogP contribution in [0.5, 0.6) is 0 Å². The summed E-state index contributed by atoms with van der Waals surface area (Å²) in [5, 5.41) is 0. The zero-order chi connectivity index (χ0) is 12.5. The van der Waals surface area contributed by atoms with Crippen molar-refractivity contribution in [1.29, 1.82) is 0 Å². The summed E-state index contributed by atoms with van der Waals surface area (Å²) in [6, 6.07) is 0.742. The first kappa shape index (κ1) is 13.4. The van der Waals surface area contributed by atoms with E-state index in [0.29, 0.717) is 5.54 Å². The highest BCUT2D eigenvalue weighted by atomic mass is 15.3. The Hall–Kier alpha value is -0.0800. The third-order valence-electron chi connectivity index (χ3n) is 5.39. The molecule has 0 radical (unpaired) electrons. The maximum absolute atomic E-state index is 6.17. The zero-order valence-electron chi connectivity index (χ0n) is 11.9. The molecule has 17 heavy (non-hydrogen) atoms. The average Bonchev–Trinajstić information content (AvgIpc) is 2.69. The van der Waals surface area contributed by atoms with Crippen molar-refractivity contribution < 1.29 is 0 Å². The van der Waals surface area contributed by atoms with Crippen molar-refractivity contribution >= 4 is 0 Å². The fraction of sp³-hybridized carbons (Fsp3) is 1.00. The van der Waals surface area contributed by atoms with Crippen LogP contribution in [0.3, 0.4) is 0 Å². The van der Waals surface area contributed by atoms with Crippen LogP contribution in [-0.4, -0.2) is 29.6 Å². The quantitative estimate of drug-likeness (QED) is 0.819. The van der Waals surface area contributed by atoms with Gasteiger partial charge in [0, 0.05) is 24.7 Å². The van der Waals surface area contributed by atoms with E-state index in [4.69, 9.17) is 5.73 Å². The van der Waals surface area contributed by atoms with Gasteiger partial charge in [-0.25, -0.2) is 0 Å². The largest absolute Gasteiger partial charge is 0.329 e. The van der Waals surface area contributed by atoms with Crippen molar-refractivity contribution in [2.45, 2.75) is 70.9 Å². The van der Waals surface area contributed by atoms with Gasteiger partial charge in [0.25, 0.3) is 0 Å². The summed E-state index contributed by atoms with van der Waals surface area (Å²) in [4.78, 5) is 2.75. The lowest BCUT2D eigenvalue weighted by molar-refractivity contribution is 0.0346. The van der Waals surface area contributed by atoms with Gasteiger partial charge < -0.3 is 5.73 Å². The molecule has 2 aliphatic rings. The second kappa shape index (κ2) is 5.27. The predicted octanol–water partition coefficient (Wildman–Crippen LogP) is 3.01. The van der Waals surface area contributed by atoms with Gasteiger partial charge in [0.1, 0.15) is 0 Å². The Morgan fingerprint density at radius 3 is 2.29 bits per heavy atom. The summed E-state index contributed by atoms with van der Waals surface area (Å²) < 4.78 is 0. The molecule has 1 saturated carbocycles. The number of likely N-dealkylation sites (tertiary alicyclic amines) is 1. The predicted molar refractivity (Wildman–Crippen MR) is 74.0 cm³/mol. The first-order valence-corrected chi connectivity index (χ1v) is 7.58. The number of nitrogens with zero attached hydrogens (tertiary/aromatic N) is 1. The molecule has 0 aromatic carbocycles. The van der Waals surface area contributed by atoms with Gasteiger partial charge in [-0.1, -0.05) is 20.3 Å². The molecule has 2 heteroatoms. The van der Waals surface area contributed by atoms with Crippen molar-refractivity contribution in [2.24, 2.45) is 17.6 Å². The van der Waals surface area contributed by atoms with E-state index < -0.39 is 0 Å². The average molecular weight is 238 g/mol. The standard InChI is InChI=1S/C15H30N2/c1-4-14-5-7-15(11-16,8-6-14)17-10-12(2)9-13(17)3/h12-14H,4-11,16H2,1-3H3. The van der Waals surface area contributed by atoms with Crippen LogP contribution in [0.1, 0.15) is 59.3 Å². The minimum absolute atomic E-state index is 0.343. The van der Waals surface area contributed by atoms with Crippen molar-refractivity contribution in [1.82, 2.24) is 4.90 Å². The number of rotatable bonds is 3. The molecule has 0 amide bonds. The lowest BCUT2D eigenvalue weighted by Crippen LogP contribution is -2.57. The first-order chi connectivity index (χ1) is 8.11. The molecule has 2 atom stereocenters. The van der Waals surface area contributed by atoms with Crippen LogP contribution in [-0.2, 0) is 0 Å². The summed E-state index contributed by atoms with van der Waals surface area (Å²) in [5.74, 6) is 1.82. The third kappa shape index (κ3) is 2.53. The van der Waals surface area contributed by atoms with Gasteiger partial charge in [-0.15, -0.1) is 0 Å². The second-order valence-corrected chi connectivity index (χ2v) is 6.62. The highest BCUT2D eigenvalue weighted by Crippen LogP contribution is 2.41. The van der Waals surface area contributed by atoms with Gasteiger partial charge in [-0.2, -0.15) is 0 Å². The Balaban J connectivity index is 2.05. The smallest absolute Gasteiger partial charge is 0.0334 e. The molecule has 1 saturated heterocycles. The van der Waals surface area contributed by atoms with Gasteiger partial charge in [0.05, 0.1) is 0 Å². The van der Waals surface area contributed by atoms with Crippen molar-refractivity contribution in [3.63, 3.8) is 0 Å². The first-order valence-electron chi connectivity index (χ1n) is 7.58. The minimum Gasteiger partial charge on any atom is -0.329 e. The zero-order valence-corrected chi connectivity index (χ0v) is 11.9. The Bertz CT molecular complexity index is 243. The molecule has 0 bridgehead atoms. The molecule has 2 nitrogen and oxygen atoms in total. The SMILES string of the molecule is CCC1CCC(CN)(N2CC(C)CC2C)CC1. The molecule has 0 spiro atoms. The van der Waals surface area contributed by atoms with Crippen LogP contribution in [0.2, 0.25) is 0 Å². The Morgan fingerprint density at radius 1 is 1.24 bits per heavy atom. The van der Waals surface area contributed by atoms with Crippen LogP contribution in [0.15, 0.2) is 0 Å². The lowest BCUT2D eigenvalue weighted by Gasteiger charge is -2.48. The Kier molecular flexibility index (Phi) is 4.14. The molecule has 2 rings (SSSR count). The van der Waals surface area contributed by atoms with Crippen LogP contribution in [0.25, 0.3) is 0 Å². The monoisotopic (exact) mass is 238 g/mol. The van der Waals surface area contributed by atoms with E-state index in [1.807, 2.05) is 0 Å². The molecule has 1 aliphatic carbocycles. The number of hydrogen-bond acceptors (Lipinski definition) is 2. The summed E-state index contributed by atoms with van der Waals surface area (Å²) >= 11 is 0. The van der Waals surface area contributed by atoms with Gasteiger partial charge in [0.2, 0.25) is 0 Å². The van der Waals surface area contributed by atoms with Crippen molar-refractivity contribution in [3.8, 4) is 0 Å². The molecule has 0 aromatic heterocycles. The summed E-state index contributed by atoms with van der Waals surface area (Å²) in [6.45, 7) is 9.25. The molecule has 2 unspecified atom stereocenters. The maximum Gasteiger partial charge on any atom is 0.0334 e. The molecule has 2 N–H and O–H groups in total. The van der Waals surface area contributed by atoms with Gasteiger partial charge in [0.15, 0.2) is 0 Å². The molecule has 2 fully saturated rings. The molecule has 1 aliphatic heterocycles. The van der Waals surface area contributed by atoms with Gasteiger partial charge >= 0.3 is 0 Å². The van der Waals surface area contributed by atoms with E-state index in [1.165, 1.54) is 45.1 Å². The highest BCUT2D eigenvalue weighted by molar-refractivity contribution is 5.00. The Morgan fingerprint density at radius 2 is 1.88 bits per heavy atom. The molecule has 100 valence electrons. The Labute approximate surface area is 107 Å². The molecule has 0 aromatic rings. The number of nitrogens with two attached hydrogens (primary N) is 1. The summed E-state index contributed by atoms with van der Waals surface area (Å²) in [6.07, 6.45) is 8.17. The van der Waals surface area contributed by atoms with E-state index in [9.17, 15) is 0 Å². The second-order valence-electron chi connectivity index (χ2n) is 6.62. The minimum atomic E-state index is 0.343. The van der Waals surface area contributed by atoms with Gasteiger partial charge in [-0.05, 0) is 50.9 Å². The van der Waals surface area contributed by atoms with Crippen molar-refractivity contribution in [3.05, 3.63) is 0 Å². The summed E-state index contributed by atoms with van der Waals surface area (Å²) in [7, 11) is 0. The molecule has 1 heterocycles. The molecular formula is C15H30N2. The topological polar surface area (TPSA) is 29.3 Å². The fourth-order valence-electron chi connectivity index (χ4n) is 4.19. The van der Waals surface area contributed by atoms with Crippen LogP contribution in [0, 0.1) is 11.8 Å². The van der Waals surface area contributed by atoms with E-state index >= 15 is 0 Å². The van der Waals surface area contributed by atoms with Crippen LogP contribution in [0.4, 0.5) is 0 Å². The highest BCUT2D eigenvalue weighted by Gasteiger charge is 2.43. The van der Waals surface area contributed by atoms with Gasteiger partial charge in [-0.3, -0.25) is 4.90 Å².